The molecule has 3 heterocycles. The Hall–Kier alpha value is -1.99. The largest absolute Gasteiger partial charge is 0.420 e. The number of nitrogens with one attached hydrogen (secondary N) is 1. The Labute approximate surface area is 141 Å². The van der Waals surface area contributed by atoms with Gasteiger partial charge in [0.15, 0.2) is 0 Å². The Morgan fingerprint density at radius 3 is 3.04 bits per heavy atom. The number of carbonyl (C=O) groups excluding carboxylic acids is 1. The molecule has 0 saturated heterocycles. The summed E-state index contributed by atoms with van der Waals surface area (Å²) >= 11 is 3.14. The molecule has 0 unspecified atom stereocenters. The highest BCUT2D eigenvalue weighted by molar-refractivity contribution is 7.16. The minimum atomic E-state index is -0.0101. The van der Waals surface area contributed by atoms with Gasteiger partial charge < -0.3 is 9.73 Å². The van der Waals surface area contributed by atoms with E-state index in [2.05, 4.69) is 15.5 Å². The van der Waals surface area contributed by atoms with Gasteiger partial charge in [-0.25, -0.2) is 0 Å². The average Bonchev–Trinajstić information content (AvgIpc) is 2.93. The first-order valence-corrected chi connectivity index (χ1v) is 9.15. The number of amides is 1. The SMILES string of the molecule is Cc1sc(-c2nnc(C3CC3)o2)cc1NC(=O)Cc1cccs1. The summed E-state index contributed by atoms with van der Waals surface area (Å²) in [5.74, 6) is 1.71. The zero-order valence-electron chi connectivity index (χ0n) is 12.5. The molecule has 0 spiro atoms. The number of hydrogen-bond acceptors (Lipinski definition) is 6. The van der Waals surface area contributed by atoms with Crippen LogP contribution in [-0.4, -0.2) is 16.1 Å². The van der Waals surface area contributed by atoms with Crippen LogP contribution in [0.2, 0.25) is 0 Å². The molecule has 0 aromatic carbocycles. The summed E-state index contributed by atoms with van der Waals surface area (Å²) < 4.78 is 5.73. The third-order valence-electron chi connectivity index (χ3n) is 3.68. The minimum Gasteiger partial charge on any atom is -0.420 e. The van der Waals surface area contributed by atoms with Crippen LogP contribution in [-0.2, 0) is 11.2 Å². The van der Waals surface area contributed by atoms with E-state index in [1.807, 2.05) is 30.5 Å². The summed E-state index contributed by atoms with van der Waals surface area (Å²) in [6, 6.07) is 5.83. The molecule has 118 valence electrons. The van der Waals surface area contributed by atoms with Gasteiger partial charge in [-0.1, -0.05) is 6.07 Å². The maximum Gasteiger partial charge on any atom is 0.257 e. The number of nitrogens with zero attached hydrogens (tertiary/aromatic N) is 2. The highest BCUT2D eigenvalue weighted by atomic mass is 32.1. The molecule has 1 N–H and O–H groups in total. The van der Waals surface area contributed by atoms with Gasteiger partial charge in [0.2, 0.25) is 11.8 Å². The van der Waals surface area contributed by atoms with Crippen molar-refractivity contribution in [1.29, 1.82) is 0 Å². The average molecular weight is 345 g/mol. The lowest BCUT2D eigenvalue weighted by Crippen LogP contribution is -2.13. The van der Waals surface area contributed by atoms with Crippen LogP contribution >= 0.6 is 22.7 Å². The summed E-state index contributed by atoms with van der Waals surface area (Å²) in [6.45, 7) is 1.98. The van der Waals surface area contributed by atoms with Crippen molar-refractivity contribution in [1.82, 2.24) is 10.2 Å². The molecule has 1 aliphatic carbocycles. The monoisotopic (exact) mass is 345 g/mol. The normalized spacial score (nSPS) is 14.1. The van der Waals surface area contributed by atoms with E-state index in [9.17, 15) is 4.79 Å². The van der Waals surface area contributed by atoms with Gasteiger partial charge in [-0.15, -0.1) is 32.9 Å². The van der Waals surface area contributed by atoms with Gasteiger partial charge in [0, 0.05) is 15.7 Å². The van der Waals surface area contributed by atoms with Crippen LogP contribution in [0.4, 0.5) is 5.69 Å². The summed E-state index contributed by atoms with van der Waals surface area (Å²) in [4.78, 5) is 15.1. The van der Waals surface area contributed by atoms with E-state index in [1.165, 1.54) is 0 Å². The highest BCUT2D eigenvalue weighted by Crippen LogP contribution is 2.41. The van der Waals surface area contributed by atoms with Crippen LogP contribution in [0.3, 0.4) is 0 Å². The molecule has 1 saturated carbocycles. The molecule has 23 heavy (non-hydrogen) atoms. The van der Waals surface area contributed by atoms with Gasteiger partial charge in [-0.2, -0.15) is 0 Å². The van der Waals surface area contributed by atoms with Crippen molar-refractivity contribution in [2.75, 3.05) is 5.32 Å². The van der Waals surface area contributed by atoms with Gasteiger partial charge in [-0.05, 0) is 37.3 Å². The van der Waals surface area contributed by atoms with E-state index in [4.69, 9.17) is 4.42 Å². The smallest absolute Gasteiger partial charge is 0.257 e. The molecule has 1 aliphatic rings. The number of aromatic nitrogens is 2. The second-order valence-electron chi connectivity index (χ2n) is 5.60. The molecule has 7 heteroatoms. The van der Waals surface area contributed by atoms with Crippen LogP contribution in [0.25, 0.3) is 10.8 Å². The van der Waals surface area contributed by atoms with Crippen LogP contribution < -0.4 is 5.32 Å². The van der Waals surface area contributed by atoms with Crippen LogP contribution in [0.15, 0.2) is 28.0 Å². The topological polar surface area (TPSA) is 68.0 Å². The summed E-state index contributed by atoms with van der Waals surface area (Å²) in [6.07, 6.45) is 2.67. The van der Waals surface area contributed by atoms with Crippen molar-refractivity contribution < 1.29 is 9.21 Å². The number of thiophene rings is 2. The predicted octanol–water partition coefficient (Wildman–Crippen LogP) is 4.23. The van der Waals surface area contributed by atoms with Crippen LogP contribution in [0.5, 0.6) is 0 Å². The lowest BCUT2D eigenvalue weighted by atomic mass is 10.3. The molecule has 4 rings (SSSR count). The van der Waals surface area contributed by atoms with Crippen LogP contribution in [0.1, 0.15) is 34.4 Å². The zero-order chi connectivity index (χ0) is 15.8. The fourth-order valence-corrected chi connectivity index (χ4v) is 3.91. The van der Waals surface area contributed by atoms with E-state index in [0.29, 0.717) is 18.2 Å². The van der Waals surface area contributed by atoms with Crippen LogP contribution in [0, 0.1) is 6.92 Å². The van der Waals surface area contributed by atoms with Crippen molar-refractivity contribution in [3.05, 3.63) is 39.2 Å². The first-order chi connectivity index (χ1) is 11.2. The molecule has 1 fully saturated rings. The molecular weight excluding hydrogens is 330 g/mol. The first kappa shape index (κ1) is 14.6. The Balaban J connectivity index is 1.48. The van der Waals surface area contributed by atoms with E-state index in [-0.39, 0.29) is 5.91 Å². The Morgan fingerprint density at radius 1 is 1.43 bits per heavy atom. The molecule has 5 nitrogen and oxygen atoms in total. The van der Waals surface area contributed by atoms with Gasteiger partial charge in [-0.3, -0.25) is 4.79 Å². The van der Waals surface area contributed by atoms with Gasteiger partial charge in [0.1, 0.15) is 0 Å². The molecule has 3 aromatic heterocycles. The fraction of sp³-hybridized carbons (Fsp3) is 0.312. The maximum atomic E-state index is 12.1. The number of rotatable bonds is 5. The number of hydrogen-bond donors (Lipinski definition) is 1. The second-order valence-corrected chi connectivity index (χ2v) is 7.89. The Bertz CT molecular complexity index is 832. The van der Waals surface area contributed by atoms with Crippen molar-refractivity contribution in [2.45, 2.75) is 32.1 Å². The molecule has 0 atom stereocenters. The molecular formula is C16H15N3O2S2. The van der Waals surface area contributed by atoms with E-state index in [0.717, 1.165) is 39.1 Å². The lowest BCUT2D eigenvalue weighted by Gasteiger charge is -2.02. The minimum absolute atomic E-state index is 0.0101. The maximum absolute atomic E-state index is 12.1. The van der Waals surface area contributed by atoms with Crippen molar-refractivity contribution in [3.63, 3.8) is 0 Å². The molecule has 0 radical (unpaired) electrons. The molecule has 3 aromatic rings. The van der Waals surface area contributed by atoms with Crippen molar-refractivity contribution in [2.24, 2.45) is 0 Å². The highest BCUT2D eigenvalue weighted by Gasteiger charge is 2.29. The number of carbonyl (C=O) groups is 1. The van der Waals surface area contributed by atoms with Crippen molar-refractivity contribution >= 4 is 34.3 Å². The van der Waals surface area contributed by atoms with E-state index < -0.39 is 0 Å². The first-order valence-electron chi connectivity index (χ1n) is 7.45. The third-order valence-corrected chi connectivity index (χ3v) is 5.60. The predicted molar refractivity (Wildman–Crippen MR) is 91.0 cm³/mol. The standard InChI is InChI=1S/C16H15N3O2S2/c1-9-12(17-14(20)7-11-3-2-6-22-11)8-13(23-9)16-19-18-15(21-16)10-4-5-10/h2-3,6,8,10H,4-5,7H2,1H3,(H,17,20). The number of anilines is 1. The summed E-state index contributed by atoms with van der Waals surface area (Å²) in [7, 11) is 0. The number of aryl methyl sites for hydroxylation is 1. The molecule has 0 bridgehead atoms. The third kappa shape index (κ3) is 3.20. The second kappa shape index (κ2) is 5.90. The van der Waals surface area contributed by atoms with Crippen molar-refractivity contribution in [3.8, 4) is 10.8 Å². The van der Waals surface area contributed by atoms with Gasteiger partial charge in [0.05, 0.1) is 17.0 Å². The van der Waals surface area contributed by atoms with E-state index in [1.54, 1.807) is 22.7 Å². The zero-order valence-corrected chi connectivity index (χ0v) is 14.2. The summed E-state index contributed by atoms with van der Waals surface area (Å²) in [5.41, 5.74) is 0.817. The summed E-state index contributed by atoms with van der Waals surface area (Å²) in [5, 5.41) is 13.2. The lowest BCUT2D eigenvalue weighted by molar-refractivity contribution is -0.115. The van der Waals surface area contributed by atoms with E-state index >= 15 is 0 Å². The molecule has 0 aliphatic heterocycles. The Morgan fingerprint density at radius 2 is 2.30 bits per heavy atom. The Kier molecular flexibility index (Phi) is 3.74. The quantitative estimate of drug-likeness (QED) is 0.751. The molecule has 1 amide bonds. The van der Waals surface area contributed by atoms with Gasteiger partial charge in [0.25, 0.3) is 5.89 Å². The van der Waals surface area contributed by atoms with Gasteiger partial charge >= 0.3 is 0 Å². The fourth-order valence-electron chi connectivity index (χ4n) is 2.31.